The van der Waals surface area contributed by atoms with Crippen LogP contribution >= 0.6 is 11.6 Å². The number of nitrogens with one attached hydrogen (secondary N) is 2. The molecule has 2 N–H and O–H groups in total. The Morgan fingerprint density at radius 1 is 1.00 bits per heavy atom. The molecule has 27 heavy (non-hydrogen) atoms. The van der Waals surface area contributed by atoms with Gasteiger partial charge in [0.05, 0.1) is 19.4 Å². The molecule has 0 bridgehead atoms. The number of nitrogens with zero attached hydrogens (tertiary/aromatic N) is 1. The Morgan fingerprint density at radius 3 is 2.30 bits per heavy atom. The predicted octanol–water partition coefficient (Wildman–Crippen LogP) is 2.38. The van der Waals surface area contributed by atoms with Gasteiger partial charge in [0.25, 0.3) is 11.8 Å². The van der Waals surface area contributed by atoms with Gasteiger partial charge in [0.2, 0.25) is 0 Å². The molecule has 2 aromatic rings. The summed E-state index contributed by atoms with van der Waals surface area (Å²) in [6, 6.07) is 13.9. The van der Waals surface area contributed by atoms with E-state index in [2.05, 4.69) is 15.8 Å². The molecular weight excluding hydrogens is 370 g/mol. The summed E-state index contributed by atoms with van der Waals surface area (Å²) in [6.07, 6.45) is 1.50. The Kier molecular flexibility index (Phi) is 8.12. The van der Waals surface area contributed by atoms with Gasteiger partial charge in [0.1, 0.15) is 11.5 Å². The standard InChI is InChI=1S/C19H20ClN3O4/c1-2-26-16-7-3-14(4-8-16)11-22-23-18(24)12-21-19(25)13-27-17-9-5-15(20)6-10-17/h3-11H,2,12-13H2,1H3,(H,21,25)(H,23,24)/b22-11+. The molecule has 0 aliphatic heterocycles. The predicted molar refractivity (Wildman–Crippen MR) is 103 cm³/mol. The molecular formula is C19H20ClN3O4. The van der Waals surface area contributed by atoms with Crippen LogP contribution in [0.1, 0.15) is 12.5 Å². The van der Waals surface area contributed by atoms with Gasteiger partial charge >= 0.3 is 0 Å². The number of halogens is 1. The van der Waals surface area contributed by atoms with Crippen molar-refractivity contribution in [2.24, 2.45) is 5.10 Å². The topological polar surface area (TPSA) is 89.0 Å². The van der Waals surface area contributed by atoms with E-state index in [1.54, 1.807) is 24.3 Å². The van der Waals surface area contributed by atoms with Gasteiger partial charge in [-0.2, -0.15) is 5.10 Å². The molecule has 0 saturated carbocycles. The fraction of sp³-hybridized carbons (Fsp3) is 0.211. The third-order valence-corrected chi connectivity index (χ3v) is 3.48. The number of hydrogen-bond donors (Lipinski definition) is 2. The van der Waals surface area contributed by atoms with E-state index in [4.69, 9.17) is 21.1 Å². The summed E-state index contributed by atoms with van der Waals surface area (Å²) in [5, 5.41) is 6.86. The fourth-order valence-corrected chi connectivity index (χ4v) is 2.07. The molecule has 7 nitrogen and oxygen atoms in total. The average Bonchev–Trinajstić information content (AvgIpc) is 2.67. The summed E-state index contributed by atoms with van der Waals surface area (Å²) in [6.45, 7) is 2.10. The molecule has 0 saturated heterocycles. The van der Waals surface area contributed by atoms with Crippen LogP contribution < -0.4 is 20.2 Å². The summed E-state index contributed by atoms with van der Waals surface area (Å²) in [5.41, 5.74) is 3.14. The second-order valence-electron chi connectivity index (χ2n) is 5.31. The maximum Gasteiger partial charge on any atom is 0.259 e. The second kappa shape index (κ2) is 10.8. The zero-order valence-electron chi connectivity index (χ0n) is 14.8. The molecule has 0 fully saturated rings. The second-order valence-corrected chi connectivity index (χ2v) is 5.75. The molecule has 2 aromatic carbocycles. The molecule has 2 rings (SSSR count). The van der Waals surface area contributed by atoms with E-state index in [9.17, 15) is 9.59 Å². The van der Waals surface area contributed by atoms with Gasteiger partial charge in [-0.15, -0.1) is 0 Å². The van der Waals surface area contributed by atoms with Gasteiger partial charge in [0.15, 0.2) is 6.61 Å². The van der Waals surface area contributed by atoms with Crippen LogP contribution in [0.5, 0.6) is 11.5 Å². The van der Waals surface area contributed by atoms with E-state index in [-0.39, 0.29) is 13.2 Å². The van der Waals surface area contributed by atoms with Crippen molar-refractivity contribution in [1.29, 1.82) is 0 Å². The summed E-state index contributed by atoms with van der Waals surface area (Å²) in [7, 11) is 0. The largest absolute Gasteiger partial charge is 0.494 e. The maximum atomic E-state index is 11.7. The Balaban J connectivity index is 1.66. The smallest absolute Gasteiger partial charge is 0.259 e. The third kappa shape index (κ3) is 7.79. The molecule has 2 amide bonds. The van der Waals surface area contributed by atoms with Gasteiger partial charge in [-0.05, 0) is 61.0 Å². The number of carbonyl (C=O) groups excluding carboxylic acids is 2. The van der Waals surface area contributed by atoms with Gasteiger partial charge < -0.3 is 14.8 Å². The summed E-state index contributed by atoms with van der Waals surface area (Å²) >= 11 is 5.76. The molecule has 0 aliphatic carbocycles. The Bertz CT molecular complexity index is 777. The van der Waals surface area contributed by atoms with Crippen molar-refractivity contribution < 1.29 is 19.1 Å². The van der Waals surface area contributed by atoms with Crippen molar-refractivity contribution in [3.05, 3.63) is 59.1 Å². The highest BCUT2D eigenvalue weighted by Crippen LogP contribution is 2.15. The number of hydrogen-bond acceptors (Lipinski definition) is 5. The van der Waals surface area contributed by atoms with Crippen LogP contribution in [0.3, 0.4) is 0 Å². The van der Waals surface area contributed by atoms with E-state index >= 15 is 0 Å². The first-order valence-corrected chi connectivity index (χ1v) is 8.64. The number of amides is 2. The van der Waals surface area contributed by atoms with Crippen molar-refractivity contribution in [1.82, 2.24) is 10.7 Å². The summed E-state index contributed by atoms with van der Waals surface area (Å²) < 4.78 is 10.6. The third-order valence-electron chi connectivity index (χ3n) is 3.22. The molecule has 8 heteroatoms. The normalized spacial score (nSPS) is 10.4. The van der Waals surface area contributed by atoms with Gasteiger partial charge in [-0.25, -0.2) is 5.43 Å². The van der Waals surface area contributed by atoms with Crippen molar-refractivity contribution in [2.75, 3.05) is 19.8 Å². The first-order chi connectivity index (χ1) is 13.1. The molecule has 142 valence electrons. The number of carbonyl (C=O) groups is 2. The van der Waals surface area contributed by atoms with E-state index < -0.39 is 11.8 Å². The first-order valence-electron chi connectivity index (χ1n) is 8.26. The van der Waals surface area contributed by atoms with E-state index in [0.717, 1.165) is 11.3 Å². The Labute approximate surface area is 162 Å². The van der Waals surface area contributed by atoms with Crippen LogP contribution in [0.4, 0.5) is 0 Å². The van der Waals surface area contributed by atoms with E-state index in [1.165, 1.54) is 6.21 Å². The molecule has 0 spiro atoms. The van der Waals surface area contributed by atoms with Crippen LogP contribution in [0.2, 0.25) is 5.02 Å². The molecule has 0 aromatic heterocycles. The van der Waals surface area contributed by atoms with Crippen LogP contribution in [-0.4, -0.2) is 37.8 Å². The van der Waals surface area contributed by atoms with Crippen LogP contribution in [-0.2, 0) is 9.59 Å². The highest BCUT2D eigenvalue weighted by molar-refractivity contribution is 6.30. The zero-order chi connectivity index (χ0) is 19.5. The minimum absolute atomic E-state index is 0.204. The van der Waals surface area contributed by atoms with Crippen molar-refractivity contribution in [3.63, 3.8) is 0 Å². The van der Waals surface area contributed by atoms with Crippen molar-refractivity contribution in [3.8, 4) is 11.5 Å². The number of ether oxygens (including phenoxy) is 2. The average molecular weight is 390 g/mol. The van der Waals surface area contributed by atoms with Crippen molar-refractivity contribution in [2.45, 2.75) is 6.92 Å². The number of hydrazone groups is 1. The first kappa shape index (κ1) is 20.3. The van der Waals surface area contributed by atoms with Gasteiger partial charge in [0, 0.05) is 5.02 Å². The van der Waals surface area contributed by atoms with Crippen LogP contribution in [0, 0.1) is 0 Å². The van der Waals surface area contributed by atoms with Gasteiger partial charge in [-0.1, -0.05) is 11.6 Å². The summed E-state index contributed by atoms with van der Waals surface area (Å²) in [4.78, 5) is 23.3. The molecule has 0 unspecified atom stereocenters. The Hall–Kier alpha value is -3.06. The zero-order valence-corrected chi connectivity index (χ0v) is 15.5. The van der Waals surface area contributed by atoms with Crippen LogP contribution in [0.15, 0.2) is 53.6 Å². The SMILES string of the molecule is CCOc1ccc(/C=N/NC(=O)CNC(=O)COc2ccc(Cl)cc2)cc1. The molecule has 0 atom stereocenters. The molecule has 0 radical (unpaired) electrons. The maximum absolute atomic E-state index is 11.7. The fourth-order valence-electron chi connectivity index (χ4n) is 1.94. The molecule has 0 heterocycles. The minimum atomic E-state index is -0.447. The lowest BCUT2D eigenvalue weighted by atomic mass is 10.2. The van der Waals surface area contributed by atoms with Crippen molar-refractivity contribution >= 4 is 29.6 Å². The highest BCUT2D eigenvalue weighted by atomic mass is 35.5. The number of benzene rings is 2. The van der Waals surface area contributed by atoms with Gasteiger partial charge in [-0.3, -0.25) is 9.59 Å². The molecule has 0 aliphatic rings. The van der Waals surface area contributed by atoms with E-state index in [1.807, 2.05) is 31.2 Å². The minimum Gasteiger partial charge on any atom is -0.494 e. The lowest BCUT2D eigenvalue weighted by molar-refractivity contribution is -0.127. The number of rotatable bonds is 9. The monoisotopic (exact) mass is 389 g/mol. The van der Waals surface area contributed by atoms with E-state index in [0.29, 0.717) is 17.4 Å². The Morgan fingerprint density at radius 2 is 1.63 bits per heavy atom. The summed E-state index contributed by atoms with van der Waals surface area (Å²) in [5.74, 6) is 0.411. The lowest BCUT2D eigenvalue weighted by Crippen LogP contribution is -2.37. The quantitative estimate of drug-likeness (QED) is 0.509. The highest BCUT2D eigenvalue weighted by Gasteiger charge is 2.06. The lowest BCUT2D eigenvalue weighted by Gasteiger charge is -2.07. The van der Waals surface area contributed by atoms with Crippen LogP contribution in [0.25, 0.3) is 0 Å².